The summed E-state index contributed by atoms with van der Waals surface area (Å²) in [5.41, 5.74) is -0.0568. The van der Waals surface area contributed by atoms with Crippen molar-refractivity contribution in [2.45, 2.75) is 38.6 Å². The number of ether oxygens (including phenoxy) is 1. The quantitative estimate of drug-likeness (QED) is 0.727. The summed E-state index contributed by atoms with van der Waals surface area (Å²) >= 11 is 0. The minimum Gasteiger partial charge on any atom is -0.465 e. The molecule has 0 radical (unpaired) electrons. The number of likely N-dealkylation sites (N-methyl/N-ethyl adjacent to an activating group) is 1. The van der Waals surface area contributed by atoms with Crippen LogP contribution in [0.3, 0.4) is 0 Å². The fourth-order valence-corrected chi connectivity index (χ4v) is 3.58. The van der Waals surface area contributed by atoms with Crippen molar-refractivity contribution < 1.29 is 22.4 Å². The molecule has 1 aromatic heterocycles. The van der Waals surface area contributed by atoms with Gasteiger partial charge in [-0.05, 0) is 27.3 Å². The van der Waals surface area contributed by atoms with E-state index in [1.807, 2.05) is 13.8 Å². The zero-order valence-corrected chi connectivity index (χ0v) is 13.8. The Balaban J connectivity index is 3.11. The summed E-state index contributed by atoms with van der Waals surface area (Å²) in [6.45, 7) is 7.77. The lowest BCUT2D eigenvalue weighted by Gasteiger charge is -2.13. The number of hydrogen-bond acceptors (Lipinski definition) is 6. The molecule has 2 N–H and O–H groups in total. The van der Waals surface area contributed by atoms with E-state index in [-0.39, 0.29) is 34.6 Å². The van der Waals surface area contributed by atoms with Crippen LogP contribution in [0.4, 0.5) is 0 Å². The second-order valence-electron chi connectivity index (χ2n) is 4.72. The molecule has 0 aliphatic carbocycles. The molecular formula is C13H22N2O5S. The van der Waals surface area contributed by atoms with E-state index in [0.717, 1.165) is 6.54 Å². The van der Waals surface area contributed by atoms with Gasteiger partial charge in [-0.1, -0.05) is 6.92 Å². The summed E-state index contributed by atoms with van der Waals surface area (Å²) in [5.74, 6) is -0.347. The van der Waals surface area contributed by atoms with Crippen molar-refractivity contribution in [1.29, 1.82) is 0 Å². The lowest BCUT2D eigenvalue weighted by Crippen LogP contribution is -2.39. The third kappa shape index (κ3) is 4.05. The zero-order valence-electron chi connectivity index (χ0n) is 12.9. The first-order chi connectivity index (χ1) is 9.74. The van der Waals surface area contributed by atoms with Gasteiger partial charge in [-0.3, -0.25) is 0 Å². The molecule has 0 bridgehead atoms. The second kappa shape index (κ2) is 7.06. The van der Waals surface area contributed by atoms with Gasteiger partial charge in [0, 0.05) is 12.6 Å². The Hall–Kier alpha value is -1.38. The summed E-state index contributed by atoms with van der Waals surface area (Å²) < 4.78 is 37.2. The van der Waals surface area contributed by atoms with Crippen LogP contribution in [0.25, 0.3) is 0 Å². The summed E-state index contributed by atoms with van der Waals surface area (Å²) in [6, 6.07) is -0.0281. The predicted octanol–water partition coefficient (Wildman–Crippen LogP) is 0.959. The minimum atomic E-state index is -3.85. The van der Waals surface area contributed by atoms with E-state index in [0.29, 0.717) is 0 Å². The number of hydrogen-bond donors (Lipinski definition) is 2. The first kappa shape index (κ1) is 17.7. The van der Waals surface area contributed by atoms with Gasteiger partial charge in [-0.2, -0.15) is 0 Å². The molecule has 21 heavy (non-hydrogen) atoms. The number of nitrogens with one attached hydrogen (secondary N) is 2. The molecular weight excluding hydrogens is 296 g/mol. The van der Waals surface area contributed by atoms with E-state index in [9.17, 15) is 13.2 Å². The van der Waals surface area contributed by atoms with E-state index < -0.39 is 16.0 Å². The number of sulfonamides is 1. The van der Waals surface area contributed by atoms with Crippen molar-refractivity contribution in [2.24, 2.45) is 0 Å². The Labute approximate surface area is 125 Å². The maximum absolute atomic E-state index is 12.4. The highest BCUT2D eigenvalue weighted by Gasteiger charge is 2.31. The molecule has 0 unspecified atom stereocenters. The second-order valence-corrected chi connectivity index (χ2v) is 6.42. The van der Waals surface area contributed by atoms with Crippen molar-refractivity contribution in [3.63, 3.8) is 0 Å². The van der Waals surface area contributed by atoms with Gasteiger partial charge in [-0.25, -0.2) is 17.9 Å². The summed E-state index contributed by atoms with van der Waals surface area (Å²) in [7, 11) is -2.66. The molecule has 7 nitrogen and oxygen atoms in total. The van der Waals surface area contributed by atoms with E-state index in [1.165, 1.54) is 21.0 Å². The fourth-order valence-electron chi connectivity index (χ4n) is 2.05. The Bertz CT molecular complexity index is 606. The number of aryl methyl sites for hydroxylation is 2. The first-order valence-corrected chi connectivity index (χ1v) is 8.14. The number of methoxy groups -OCH3 is 1. The van der Waals surface area contributed by atoms with E-state index in [4.69, 9.17) is 4.42 Å². The van der Waals surface area contributed by atoms with Gasteiger partial charge in [0.15, 0.2) is 0 Å². The maximum Gasteiger partial charge on any atom is 0.342 e. The van der Waals surface area contributed by atoms with Crippen molar-refractivity contribution >= 4 is 16.0 Å². The third-order valence-corrected chi connectivity index (χ3v) is 4.57. The highest BCUT2D eigenvalue weighted by molar-refractivity contribution is 7.89. The largest absolute Gasteiger partial charge is 0.465 e. The molecule has 0 aliphatic rings. The Kier molecular flexibility index (Phi) is 5.94. The molecule has 0 aromatic carbocycles. The molecule has 0 fully saturated rings. The molecule has 1 heterocycles. The Morgan fingerprint density at radius 3 is 2.48 bits per heavy atom. The van der Waals surface area contributed by atoms with Crippen molar-refractivity contribution in [1.82, 2.24) is 10.0 Å². The van der Waals surface area contributed by atoms with Gasteiger partial charge in [0.05, 0.1) is 7.11 Å². The zero-order chi connectivity index (χ0) is 16.2. The topological polar surface area (TPSA) is 97.6 Å². The van der Waals surface area contributed by atoms with E-state index in [2.05, 4.69) is 14.8 Å². The summed E-state index contributed by atoms with van der Waals surface area (Å²) in [4.78, 5) is 11.6. The monoisotopic (exact) mass is 318 g/mol. The van der Waals surface area contributed by atoms with Crippen LogP contribution in [-0.2, 0) is 14.8 Å². The molecule has 0 saturated heterocycles. The molecule has 1 rings (SSSR count). The maximum atomic E-state index is 12.4. The molecule has 0 amide bonds. The SMILES string of the molecule is CCN[C@H](C)CNS(=O)(=O)c1c(C)oc(C)c1C(=O)OC. The van der Waals surface area contributed by atoms with Gasteiger partial charge in [0.1, 0.15) is 22.0 Å². The lowest BCUT2D eigenvalue weighted by molar-refractivity contribution is 0.0595. The predicted molar refractivity (Wildman–Crippen MR) is 77.8 cm³/mol. The van der Waals surface area contributed by atoms with Crippen LogP contribution in [0.1, 0.15) is 35.7 Å². The highest BCUT2D eigenvalue weighted by Crippen LogP contribution is 2.27. The number of rotatable bonds is 7. The fraction of sp³-hybridized carbons (Fsp3) is 0.615. The number of carbonyl (C=O) groups excluding carboxylic acids is 1. The molecule has 1 atom stereocenters. The molecule has 0 aliphatic heterocycles. The number of furan rings is 1. The lowest BCUT2D eigenvalue weighted by atomic mass is 10.2. The van der Waals surface area contributed by atoms with Crippen LogP contribution in [-0.4, -0.2) is 40.6 Å². The normalized spacial score (nSPS) is 13.2. The van der Waals surface area contributed by atoms with Crippen LogP contribution < -0.4 is 10.0 Å². The standard InChI is InChI=1S/C13H22N2O5S/c1-6-14-8(2)7-15-21(17,18)12-10(4)20-9(3)11(12)13(16)19-5/h8,14-15H,6-7H2,1-5H3/t8-/m1/s1. The summed E-state index contributed by atoms with van der Waals surface area (Å²) in [5, 5.41) is 3.10. The Morgan fingerprint density at radius 2 is 1.95 bits per heavy atom. The van der Waals surface area contributed by atoms with Crippen LogP contribution in [0.15, 0.2) is 9.31 Å². The van der Waals surface area contributed by atoms with Gasteiger partial charge < -0.3 is 14.5 Å². The average Bonchev–Trinajstić information content (AvgIpc) is 2.71. The van der Waals surface area contributed by atoms with Gasteiger partial charge in [0.25, 0.3) is 0 Å². The minimum absolute atomic E-state index is 0.0281. The molecule has 0 spiro atoms. The molecule has 8 heteroatoms. The number of esters is 1. The van der Waals surface area contributed by atoms with Crippen LogP contribution in [0.5, 0.6) is 0 Å². The Morgan fingerprint density at radius 1 is 1.33 bits per heavy atom. The smallest absolute Gasteiger partial charge is 0.342 e. The van der Waals surface area contributed by atoms with Crippen molar-refractivity contribution in [3.8, 4) is 0 Å². The third-order valence-electron chi connectivity index (χ3n) is 3.00. The molecule has 1 aromatic rings. The van der Waals surface area contributed by atoms with Gasteiger partial charge in [0.2, 0.25) is 10.0 Å². The number of carbonyl (C=O) groups is 1. The van der Waals surface area contributed by atoms with Gasteiger partial charge >= 0.3 is 5.97 Å². The first-order valence-electron chi connectivity index (χ1n) is 6.65. The molecule has 120 valence electrons. The summed E-state index contributed by atoms with van der Waals surface area (Å²) in [6.07, 6.45) is 0. The van der Waals surface area contributed by atoms with Crippen LogP contribution in [0.2, 0.25) is 0 Å². The van der Waals surface area contributed by atoms with E-state index >= 15 is 0 Å². The van der Waals surface area contributed by atoms with Crippen molar-refractivity contribution in [2.75, 3.05) is 20.2 Å². The van der Waals surface area contributed by atoms with Crippen LogP contribution in [0, 0.1) is 13.8 Å². The van der Waals surface area contributed by atoms with Crippen molar-refractivity contribution in [3.05, 3.63) is 17.1 Å². The highest BCUT2D eigenvalue weighted by atomic mass is 32.2. The van der Waals surface area contributed by atoms with Gasteiger partial charge in [-0.15, -0.1) is 0 Å². The van der Waals surface area contributed by atoms with E-state index in [1.54, 1.807) is 0 Å². The molecule has 0 saturated carbocycles. The average molecular weight is 318 g/mol. The van der Waals surface area contributed by atoms with Crippen LogP contribution >= 0.6 is 0 Å².